The summed E-state index contributed by atoms with van der Waals surface area (Å²) in [7, 11) is 0. The quantitative estimate of drug-likeness (QED) is 0.536. The van der Waals surface area contributed by atoms with Gasteiger partial charge in [-0.2, -0.15) is 18.4 Å². The van der Waals surface area contributed by atoms with E-state index in [0.717, 1.165) is 23.5 Å². The highest BCUT2D eigenvalue weighted by Gasteiger charge is 2.65. The van der Waals surface area contributed by atoms with Crippen LogP contribution in [0, 0.1) is 17.2 Å². The number of alkyl halides is 3. The zero-order valence-corrected chi connectivity index (χ0v) is 18.5. The van der Waals surface area contributed by atoms with Gasteiger partial charge in [-0.1, -0.05) is 0 Å². The Morgan fingerprint density at radius 3 is 2.56 bits per heavy atom. The number of ether oxygens (including phenoxy) is 1. The van der Waals surface area contributed by atoms with Crippen molar-refractivity contribution in [1.82, 2.24) is 15.2 Å². The number of urea groups is 1. The average molecular weight is 476 g/mol. The van der Waals surface area contributed by atoms with E-state index < -0.39 is 46.3 Å². The lowest BCUT2D eigenvalue weighted by Crippen LogP contribution is -2.50. The minimum Gasteiger partial charge on any atom is -0.494 e. The van der Waals surface area contributed by atoms with Crippen LogP contribution in [0.15, 0.2) is 18.2 Å². The number of halogens is 3. The number of nitrogens with zero attached hydrogens (tertiary/aromatic N) is 2. The first-order valence-corrected chi connectivity index (χ1v) is 10.9. The fourth-order valence-corrected chi connectivity index (χ4v) is 5.27. The molecule has 1 saturated heterocycles. The van der Waals surface area contributed by atoms with E-state index in [0.29, 0.717) is 24.9 Å². The van der Waals surface area contributed by atoms with Crippen LogP contribution in [0.2, 0.25) is 0 Å². The number of hydrogen-bond acceptors (Lipinski definition) is 5. The lowest BCUT2D eigenvalue weighted by atomic mass is 9.76. The van der Waals surface area contributed by atoms with E-state index in [4.69, 9.17) is 10.00 Å². The molecule has 5 rings (SSSR count). The molecule has 2 aromatic rings. The summed E-state index contributed by atoms with van der Waals surface area (Å²) in [5, 5.41) is 36.8. The second-order valence-corrected chi connectivity index (χ2v) is 9.57. The third-order valence-electron chi connectivity index (χ3n) is 7.08. The number of carbonyl (C=O) groups is 1. The van der Waals surface area contributed by atoms with Gasteiger partial charge in [0.15, 0.2) is 0 Å². The van der Waals surface area contributed by atoms with Crippen LogP contribution in [0.25, 0.3) is 5.69 Å². The Bertz CT molecular complexity index is 1250. The first-order valence-electron chi connectivity index (χ1n) is 10.9. The molecular weight excluding hydrogens is 453 g/mol. The number of rotatable bonds is 4. The van der Waals surface area contributed by atoms with Crippen molar-refractivity contribution in [2.75, 3.05) is 6.54 Å². The first-order chi connectivity index (χ1) is 15.9. The molecule has 2 bridgehead atoms. The Labute approximate surface area is 192 Å². The van der Waals surface area contributed by atoms with Crippen molar-refractivity contribution >= 4 is 6.03 Å². The van der Waals surface area contributed by atoms with Crippen molar-refractivity contribution in [3.8, 4) is 23.5 Å². The Kier molecular flexibility index (Phi) is 4.65. The number of hydrogen-bond donors (Lipinski definition) is 4. The molecule has 11 heteroatoms. The molecule has 34 heavy (non-hydrogen) atoms. The van der Waals surface area contributed by atoms with Crippen LogP contribution in [-0.4, -0.2) is 33.4 Å². The van der Waals surface area contributed by atoms with E-state index in [1.54, 1.807) is 13.8 Å². The first kappa shape index (κ1) is 22.4. The van der Waals surface area contributed by atoms with Crippen molar-refractivity contribution in [2.24, 2.45) is 5.92 Å². The zero-order chi connectivity index (χ0) is 24.6. The van der Waals surface area contributed by atoms with Crippen molar-refractivity contribution in [2.45, 2.75) is 56.5 Å². The summed E-state index contributed by atoms with van der Waals surface area (Å²) in [4.78, 5) is 12.4. The summed E-state index contributed by atoms with van der Waals surface area (Å²) in [6, 6.07) is 3.51. The summed E-state index contributed by atoms with van der Waals surface area (Å²) >= 11 is 0. The van der Waals surface area contributed by atoms with E-state index in [9.17, 15) is 28.2 Å². The van der Waals surface area contributed by atoms with E-state index in [1.807, 2.05) is 0 Å². The van der Waals surface area contributed by atoms with Crippen molar-refractivity contribution < 1.29 is 32.9 Å². The maximum Gasteiger partial charge on any atom is 0.417 e. The van der Waals surface area contributed by atoms with E-state index >= 15 is 0 Å². The predicted octanol–water partition coefficient (Wildman–Crippen LogP) is 3.72. The molecule has 1 aliphatic carbocycles. The van der Waals surface area contributed by atoms with Gasteiger partial charge in [0.2, 0.25) is 11.8 Å². The Hall–Kier alpha value is -3.39. The molecule has 3 heterocycles. The van der Waals surface area contributed by atoms with E-state index in [1.165, 1.54) is 12.1 Å². The number of aromatic nitrogens is 1. The van der Waals surface area contributed by atoms with Crippen molar-refractivity contribution in [3.05, 3.63) is 40.5 Å². The molecule has 1 aromatic carbocycles. The van der Waals surface area contributed by atoms with Gasteiger partial charge < -0.3 is 25.6 Å². The molecule has 4 N–H and O–H groups in total. The minimum atomic E-state index is -4.80. The third-order valence-corrected chi connectivity index (χ3v) is 7.08. The van der Waals surface area contributed by atoms with Gasteiger partial charge in [0.25, 0.3) is 0 Å². The number of carbonyl (C=O) groups excluding carboxylic acids is 1. The van der Waals surface area contributed by atoms with Crippen molar-refractivity contribution in [1.29, 1.82) is 5.26 Å². The number of benzene rings is 1. The molecule has 2 amide bonds. The number of amides is 2. The molecule has 1 aromatic heterocycles. The Balaban J connectivity index is 1.54. The number of fused-ring (bicyclic) bond motifs is 5. The summed E-state index contributed by atoms with van der Waals surface area (Å²) in [6.45, 7) is 3.94. The van der Waals surface area contributed by atoms with Crippen LogP contribution < -0.4 is 10.6 Å². The zero-order valence-electron chi connectivity index (χ0n) is 18.5. The van der Waals surface area contributed by atoms with Gasteiger partial charge >= 0.3 is 12.2 Å². The summed E-state index contributed by atoms with van der Waals surface area (Å²) in [5.41, 5.74) is -3.72. The van der Waals surface area contributed by atoms with Gasteiger partial charge in [0.05, 0.1) is 45.7 Å². The van der Waals surface area contributed by atoms with E-state index in [2.05, 4.69) is 10.6 Å². The molecule has 8 nitrogen and oxygen atoms in total. The number of nitriles is 1. The van der Waals surface area contributed by atoms with Gasteiger partial charge in [-0.15, -0.1) is 0 Å². The van der Waals surface area contributed by atoms with Gasteiger partial charge in [-0.05, 0) is 50.8 Å². The highest BCUT2D eigenvalue weighted by atomic mass is 19.4. The van der Waals surface area contributed by atoms with E-state index in [-0.39, 0.29) is 22.8 Å². The lowest BCUT2D eigenvalue weighted by Gasteiger charge is -2.30. The maximum atomic E-state index is 13.5. The highest BCUT2D eigenvalue weighted by molar-refractivity contribution is 5.75. The second kappa shape index (κ2) is 7.06. The minimum absolute atomic E-state index is 0.158. The van der Waals surface area contributed by atoms with Crippen LogP contribution >= 0.6 is 0 Å². The standard InChI is InChI=1S/C23H23F3N4O4/c1-21-8-15(29-20(33)28-10-11-3-4-11)22(2,34-21)17-16(21)18(31)30(19(17)32)13-6-5-12(9-27)14(7-13)23(24,25)26/h5-7,11,15,31-32H,3-4,8,10H2,1-2H3,(H2,28,29,33)/t15-,21-,22+/m1/s1. The molecule has 1 saturated carbocycles. The number of nitrogens with one attached hydrogen (secondary N) is 2. The number of aromatic hydroxyl groups is 2. The molecule has 2 fully saturated rings. The topological polar surface area (TPSA) is 120 Å². The van der Waals surface area contributed by atoms with Gasteiger partial charge in [-0.25, -0.2) is 4.79 Å². The van der Waals surface area contributed by atoms with Gasteiger partial charge in [-0.3, -0.25) is 4.57 Å². The Morgan fingerprint density at radius 1 is 1.26 bits per heavy atom. The lowest BCUT2D eigenvalue weighted by molar-refractivity contribution is -0.137. The molecule has 3 atom stereocenters. The largest absolute Gasteiger partial charge is 0.494 e. The van der Waals surface area contributed by atoms with Crippen LogP contribution in [0.5, 0.6) is 11.8 Å². The Morgan fingerprint density at radius 2 is 1.94 bits per heavy atom. The normalized spacial score (nSPS) is 27.4. The molecular formula is C23H23F3N4O4. The summed E-state index contributed by atoms with van der Waals surface area (Å²) in [6.07, 6.45) is -2.34. The van der Waals surface area contributed by atoms with Gasteiger partial charge in [0.1, 0.15) is 5.60 Å². The predicted molar refractivity (Wildman–Crippen MR) is 112 cm³/mol. The molecule has 0 radical (unpaired) electrons. The fraction of sp³-hybridized carbons (Fsp3) is 0.478. The van der Waals surface area contributed by atoms with Crippen LogP contribution in [0.4, 0.5) is 18.0 Å². The molecule has 3 aliphatic rings. The summed E-state index contributed by atoms with van der Waals surface area (Å²) in [5.74, 6) is -0.444. The monoisotopic (exact) mass is 476 g/mol. The third kappa shape index (κ3) is 3.20. The van der Waals surface area contributed by atoms with Crippen LogP contribution in [0.1, 0.15) is 55.4 Å². The average Bonchev–Trinajstić information content (AvgIpc) is 3.43. The SMILES string of the molecule is C[C@]12C[C@@H](NC(=O)NCC3CC3)[C@](C)(O1)c1c2c(O)n(-c2ccc(C#N)c(C(F)(F)F)c2)c1O. The van der Waals surface area contributed by atoms with Crippen molar-refractivity contribution in [3.63, 3.8) is 0 Å². The molecule has 2 aliphatic heterocycles. The molecule has 180 valence electrons. The van der Waals surface area contributed by atoms with Gasteiger partial charge in [0, 0.05) is 13.0 Å². The van der Waals surface area contributed by atoms with Crippen LogP contribution in [-0.2, 0) is 22.1 Å². The maximum absolute atomic E-state index is 13.5. The summed E-state index contributed by atoms with van der Waals surface area (Å²) < 4.78 is 47.6. The highest BCUT2D eigenvalue weighted by Crippen LogP contribution is 2.64. The molecule has 0 unspecified atom stereocenters. The molecule has 0 spiro atoms. The fourth-order valence-electron chi connectivity index (χ4n) is 5.27. The smallest absolute Gasteiger partial charge is 0.417 e. The van der Waals surface area contributed by atoms with Crippen LogP contribution in [0.3, 0.4) is 0 Å². The second-order valence-electron chi connectivity index (χ2n) is 9.57.